The van der Waals surface area contributed by atoms with Crippen LogP contribution >= 0.6 is 0 Å². The lowest BCUT2D eigenvalue weighted by atomic mass is 10.3. The van der Waals surface area contributed by atoms with Crippen molar-refractivity contribution in [1.29, 1.82) is 0 Å². The standard InChI is InChI=1S/C16H18N6O2/c23-15(17-6-3-8-21-9-4-7-19-21)12-18-16(24)14-11-13-5-1-2-10-22(13)20-14/h1-2,4-5,7,9-11H,3,6,8,12H2,(H,17,23)(H,18,24). The van der Waals surface area contributed by atoms with Gasteiger partial charge in [0, 0.05) is 31.7 Å². The molecule has 2 N–H and O–H groups in total. The summed E-state index contributed by atoms with van der Waals surface area (Å²) in [6, 6.07) is 9.09. The normalized spacial score (nSPS) is 10.7. The van der Waals surface area contributed by atoms with Crippen molar-refractivity contribution < 1.29 is 9.59 Å². The summed E-state index contributed by atoms with van der Waals surface area (Å²) in [5, 5.41) is 13.6. The molecule has 124 valence electrons. The van der Waals surface area contributed by atoms with Crippen molar-refractivity contribution in [2.45, 2.75) is 13.0 Å². The van der Waals surface area contributed by atoms with Gasteiger partial charge in [-0.25, -0.2) is 4.52 Å². The zero-order valence-electron chi connectivity index (χ0n) is 13.1. The Hall–Kier alpha value is -3.16. The first-order valence-corrected chi connectivity index (χ1v) is 7.69. The molecular formula is C16H18N6O2. The van der Waals surface area contributed by atoms with E-state index in [2.05, 4.69) is 20.8 Å². The largest absolute Gasteiger partial charge is 0.355 e. The van der Waals surface area contributed by atoms with Crippen LogP contribution in [0.2, 0.25) is 0 Å². The average molecular weight is 326 g/mol. The molecule has 0 aliphatic rings. The van der Waals surface area contributed by atoms with E-state index in [-0.39, 0.29) is 24.1 Å². The summed E-state index contributed by atoms with van der Waals surface area (Å²) in [4.78, 5) is 23.8. The lowest BCUT2D eigenvalue weighted by Gasteiger charge is -2.06. The van der Waals surface area contributed by atoms with Gasteiger partial charge in [0.15, 0.2) is 5.69 Å². The van der Waals surface area contributed by atoms with Gasteiger partial charge in [0.25, 0.3) is 5.91 Å². The molecule has 0 fully saturated rings. The Morgan fingerprint density at radius 2 is 2.04 bits per heavy atom. The Labute approximate surface area is 138 Å². The summed E-state index contributed by atoms with van der Waals surface area (Å²) in [6.45, 7) is 1.19. The predicted octanol–water partition coefficient (Wildman–Crippen LogP) is 0.467. The van der Waals surface area contributed by atoms with E-state index in [1.807, 2.05) is 30.5 Å². The lowest BCUT2D eigenvalue weighted by Crippen LogP contribution is -2.37. The molecule has 3 rings (SSSR count). The fourth-order valence-electron chi connectivity index (χ4n) is 2.26. The quantitative estimate of drug-likeness (QED) is 0.617. The summed E-state index contributed by atoms with van der Waals surface area (Å²) in [7, 11) is 0. The first-order chi connectivity index (χ1) is 11.7. The molecule has 0 unspecified atom stereocenters. The van der Waals surface area contributed by atoms with Gasteiger partial charge in [-0.15, -0.1) is 0 Å². The number of amides is 2. The average Bonchev–Trinajstić information content (AvgIpc) is 3.25. The highest BCUT2D eigenvalue weighted by Gasteiger charge is 2.11. The molecule has 8 nitrogen and oxygen atoms in total. The first kappa shape index (κ1) is 15.7. The molecule has 0 saturated carbocycles. The van der Waals surface area contributed by atoms with Crippen LogP contribution in [0.5, 0.6) is 0 Å². The minimum atomic E-state index is -0.370. The number of nitrogens with one attached hydrogen (secondary N) is 2. The van der Waals surface area contributed by atoms with Crippen LogP contribution in [0.1, 0.15) is 16.9 Å². The predicted molar refractivity (Wildman–Crippen MR) is 87.4 cm³/mol. The Bertz CT molecular complexity index is 791. The molecule has 3 aromatic heterocycles. The number of nitrogens with zero attached hydrogens (tertiary/aromatic N) is 4. The molecule has 0 saturated heterocycles. The molecule has 0 spiro atoms. The number of fused-ring (bicyclic) bond motifs is 1. The third-order valence-corrected chi connectivity index (χ3v) is 3.46. The Morgan fingerprint density at radius 1 is 1.12 bits per heavy atom. The van der Waals surface area contributed by atoms with Crippen LogP contribution in [-0.4, -0.2) is 44.3 Å². The molecule has 0 aliphatic carbocycles. The fourth-order valence-corrected chi connectivity index (χ4v) is 2.26. The van der Waals surface area contributed by atoms with E-state index < -0.39 is 0 Å². The van der Waals surface area contributed by atoms with Gasteiger partial charge in [-0.3, -0.25) is 14.3 Å². The van der Waals surface area contributed by atoms with Gasteiger partial charge < -0.3 is 10.6 Å². The summed E-state index contributed by atoms with van der Waals surface area (Å²) < 4.78 is 3.42. The van der Waals surface area contributed by atoms with E-state index in [0.29, 0.717) is 6.54 Å². The van der Waals surface area contributed by atoms with Crippen molar-refractivity contribution in [1.82, 2.24) is 30.0 Å². The number of carbonyl (C=O) groups excluding carboxylic acids is 2. The summed E-state index contributed by atoms with van der Waals surface area (Å²) in [6.07, 6.45) is 6.12. The Morgan fingerprint density at radius 3 is 2.83 bits per heavy atom. The van der Waals surface area contributed by atoms with Crippen molar-refractivity contribution in [3.8, 4) is 0 Å². The number of hydrogen-bond donors (Lipinski definition) is 2. The summed E-state index contributed by atoms with van der Waals surface area (Å²) in [5.41, 5.74) is 1.11. The highest BCUT2D eigenvalue weighted by Crippen LogP contribution is 2.05. The van der Waals surface area contributed by atoms with E-state index in [0.717, 1.165) is 18.5 Å². The van der Waals surface area contributed by atoms with E-state index in [4.69, 9.17) is 0 Å². The van der Waals surface area contributed by atoms with Crippen LogP contribution in [0, 0.1) is 0 Å². The maximum Gasteiger partial charge on any atom is 0.272 e. The zero-order valence-corrected chi connectivity index (χ0v) is 13.1. The van der Waals surface area contributed by atoms with Gasteiger partial charge in [0.2, 0.25) is 5.91 Å². The Balaban J connectivity index is 1.39. The van der Waals surface area contributed by atoms with E-state index in [1.54, 1.807) is 27.7 Å². The molecular weight excluding hydrogens is 308 g/mol. The van der Waals surface area contributed by atoms with Crippen LogP contribution in [0.4, 0.5) is 0 Å². The van der Waals surface area contributed by atoms with E-state index >= 15 is 0 Å². The van der Waals surface area contributed by atoms with Gasteiger partial charge in [-0.2, -0.15) is 10.2 Å². The summed E-state index contributed by atoms with van der Waals surface area (Å²) in [5.74, 6) is -0.599. The van der Waals surface area contributed by atoms with Crippen LogP contribution in [-0.2, 0) is 11.3 Å². The molecule has 3 aromatic rings. The lowest BCUT2D eigenvalue weighted by molar-refractivity contribution is -0.120. The number of rotatable bonds is 7. The number of hydrogen-bond acceptors (Lipinski definition) is 4. The highest BCUT2D eigenvalue weighted by molar-refractivity contribution is 5.95. The smallest absolute Gasteiger partial charge is 0.272 e. The maximum absolute atomic E-state index is 12.0. The fraction of sp³-hybridized carbons (Fsp3) is 0.250. The highest BCUT2D eigenvalue weighted by atomic mass is 16.2. The molecule has 0 bridgehead atoms. The van der Waals surface area contributed by atoms with Gasteiger partial charge in [0.05, 0.1) is 12.1 Å². The van der Waals surface area contributed by atoms with Gasteiger partial charge in [-0.1, -0.05) is 6.07 Å². The molecule has 2 amide bonds. The van der Waals surface area contributed by atoms with Crippen LogP contribution in [0.25, 0.3) is 5.52 Å². The maximum atomic E-state index is 12.0. The number of aromatic nitrogens is 4. The van der Waals surface area contributed by atoms with Gasteiger partial charge in [-0.05, 0) is 30.7 Å². The van der Waals surface area contributed by atoms with Gasteiger partial charge >= 0.3 is 0 Å². The number of aryl methyl sites for hydroxylation is 1. The van der Waals surface area contributed by atoms with Crippen molar-refractivity contribution >= 4 is 17.3 Å². The number of carbonyl (C=O) groups is 2. The SMILES string of the molecule is O=C(CNC(=O)c1cc2ccccn2n1)NCCCn1cccn1. The summed E-state index contributed by atoms with van der Waals surface area (Å²) >= 11 is 0. The van der Waals surface area contributed by atoms with Crippen molar-refractivity contribution in [3.63, 3.8) is 0 Å². The topological polar surface area (TPSA) is 93.3 Å². The van der Waals surface area contributed by atoms with Crippen LogP contribution in [0.3, 0.4) is 0 Å². The minimum Gasteiger partial charge on any atom is -0.355 e. The number of pyridine rings is 1. The van der Waals surface area contributed by atoms with Crippen molar-refractivity contribution in [2.24, 2.45) is 0 Å². The minimum absolute atomic E-state index is 0.0749. The van der Waals surface area contributed by atoms with Crippen molar-refractivity contribution in [2.75, 3.05) is 13.1 Å². The molecule has 0 aliphatic heterocycles. The molecule has 24 heavy (non-hydrogen) atoms. The second-order valence-corrected chi connectivity index (χ2v) is 5.25. The zero-order chi connectivity index (χ0) is 16.8. The second-order valence-electron chi connectivity index (χ2n) is 5.25. The molecule has 8 heteroatoms. The molecule has 0 atom stereocenters. The molecule has 0 radical (unpaired) electrons. The monoisotopic (exact) mass is 326 g/mol. The first-order valence-electron chi connectivity index (χ1n) is 7.69. The van der Waals surface area contributed by atoms with E-state index in [9.17, 15) is 9.59 Å². The molecule has 0 aromatic carbocycles. The Kier molecular flexibility index (Phi) is 4.85. The van der Waals surface area contributed by atoms with Crippen LogP contribution in [0.15, 0.2) is 48.9 Å². The third kappa shape index (κ3) is 3.97. The van der Waals surface area contributed by atoms with Crippen LogP contribution < -0.4 is 10.6 Å². The molecule has 3 heterocycles. The van der Waals surface area contributed by atoms with Gasteiger partial charge in [0.1, 0.15) is 0 Å². The van der Waals surface area contributed by atoms with Crippen molar-refractivity contribution in [3.05, 3.63) is 54.6 Å². The van der Waals surface area contributed by atoms with E-state index in [1.165, 1.54) is 0 Å². The second kappa shape index (κ2) is 7.40. The third-order valence-electron chi connectivity index (χ3n) is 3.46.